The normalized spacial score (nSPS) is 19.9. The summed E-state index contributed by atoms with van der Waals surface area (Å²) in [6, 6.07) is 8.28. The second-order valence-electron chi connectivity index (χ2n) is 9.75. The highest BCUT2D eigenvalue weighted by molar-refractivity contribution is 5.76. The molecule has 1 aliphatic heterocycles. The Balaban J connectivity index is 1.41. The van der Waals surface area contributed by atoms with E-state index in [1.165, 1.54) is 24.8 Å². The zero-order valence-electron chi connectivity index (χ0n) is 20.5. The smallest absolute Gasteiger partial charge is 0.220 e. The molecular weight excluding hydrogens is 416 g/mol. The first-order valence-corrected chi connectivity index (χ1v) is 13.2. The van der Waals surface area contributed by atoms with Gasteiger partial charge in [0.15, 0.2) is 0 Å². The van der Waals surface area contributed by atoms with Crippen LogP contribution in [0.3, 0.4) is 0 Å². The number of hydrogen-bond donors (Lipinski definition) is 2. The average molecular weight is 461 g/mol. The lowest BCUT2D eigenvalue weighted by Crippen LogP contribution is -2.44. The Labute approximate surface area is 200 Å². The molecule has 3 rings (SSSR count). The van der Waals surface area contributed by atoms with Gasteiger partial charge in [-0.1, -0.05) is 31.9 Å². The van der Waals surface area contributed by atoms with Crippen molar-refractivity contribution < 1.29 is 19.4 Å². The van der Waals surface area contributed by atoms with Crippen LogP contribution in [0.15, 0.2) is 24.3 Å². The van der Waals surface area contributed by atoms with E-state index < -0.39 is 0 Å². The van der Waals surface area contributed by atoms with Gasteiger partial charge in [0.1, 0.15) is 5.75 Å². The van der Waals surface area contributed by atoms with Crippen LogP contribution in [0.2, 0.25) is 0 Å². The van der Waals surface area contributed by atoms with E-state index in [0.717, 1.165) is 77.0 Å². The lowest BCUT2D eigenvalue weighted by molar-refractivity contribution is -0.122. The Morgan fingerprint density at radius 1 is 1.12 bits per heavy atom. The van der Waals surface area contributed by atoms with Crippen LogP contribution in [0, 0.1) is 0 Å². The number of amides is 1. The third-order valence-electron chi connectivity index (χ3n) is 6.72. The van der Waals surface area contributed by atoms with Crippen molar-refractivity contribution in [3.63, 3.8) is 0 Å². The number of nitrogens with zero attached hydrogens (tertiary/aromatic N) is 1. The van der Waals surface area contributed by atoms with E-state index in [0.29, 0.717) is 19.1 Å². The van der Waals surface area contributed by atoms with Crippen LogP contribution in [0.5, 0.6) is 5.75 Å². The number of carbonyl (C=O) groups is 1. The number of likely N-dealkylation sites (tertiary alicyclic amines) is 1. The van der Waals surface area contributed by atoms with Crippen LogP contribution in [-0.2, 0) is 16.0 Å². The molecule has 2 aliphatic rings. The van der Waals surface area contributed by atoms with E-state index in [2.05, 4.69) is 29.3 Å². The summed E-state index contributed by atoms with van der Waals surface area (Å²) in [6.45, 7) is 6.08. The highest BCUT2D eigenvalue weighted by Crippen LogP contribution is 2.22. The van der Waals surface area contributed by atoms with Crippen molar-refractivity contribution in [1.29, 1.82) is 0 Å². The minimum atomic E-state index is -0.247. The topological polar surface area (TPSA) is 71.0 Å². The second-order valence-corrected chi connectivity index (χ2v) is 9.75. The molecule has 0 bridgehead atoms. The summed E-state index contributed by atoms with van der Waals surface area (Å²) in [5.74, 6) is 1.02. The minimum Gasteiger partial charge on any atom is -0.494 e. The van der Waals surface area contributed by atoms with Gasteiger partial charge in [-0.2, -0.15) is 0 Å². The van der Waals surface area contributed by atoms with Crippen molar-refractivity contribution >= 4 is 5.91 Å². The minimum absolute atomic E-state index is 0.0385. The van der Waals surface area contributed by atoms with Gasteiger partial charge in [-0.25, -0.2) is 0 Å². The number of nitrogens with one attached hydrogen (secondary N) is 1. The van der Waals surface area contributed by atoms with Crippen molar-refractivity contribution in [3.8, 4) is 5.75 Å². The number of benzene rings is 1. The largest absolute Gasteiger partial charge is 0.494 e. The molecule has 2 fully saturated rings. The number of carbonyl (C=O) groups excluding carboxylic acids is 1. The maximum Gasteiger partial charge on any atom is 0.220 e. The third kappa shape index (κ3) is 10.0. The SMILES string of the molecule is CCCCOc1ccc(C[C@@H](CN2CC[C@H](O)C2)NC(=O)CCCCCOC2CCC2)cc1. The summed E-state index contributed by atoms with van der Waals surface area (Å²) >= 11 is 0. The first-order chi connectivity index (χ1) is 16.1. The number of hydrogen-bond acceptors (Lipinski definition) is 5. The molecule has 33 heavy (non-hydrogen) atoms. The van der Waals surface area contributed by atoms with Crippen molar-refractivity contribution in [2.45, 2.75) is 95.8 Å². The van der Waals surface area contributed by atoms with Gasteiger partial charge in [-0.3, -0.25) is 9.69 Å². The van der Waals surface area contributed by atoms with Crippen molar-refractivity contribution in [2.24, 2.45) is 0 Å². The molecule has 0 radical (unpaired) electrons. The number of rotatable bonds is 16. The van der Waals surface area contributed by atoms with E-state index in [1.54, 1.807) is 0 Å². The van der Waals surface area contributed by atoms with Gasteiger partial charge < -0.3 is 19.9 Å². The van der Waals surface area contributed by atoms with E-state index in [-0.39, 0.29) is 18.1 Å². The van der Waals surface area contributed by atoms with Gasteiger partial charge in [0.25, 0.3) is 0 Å². The molecule has 1 aromatic rings. The van der Waals surface area contributed by atoms with Crippen LogP contribution in [0.1, 0.15) is 76.7 Å². The molecule has 0 unspecified atom stereocenters. The van der Waals surface area contributed by atoms with E-state index in [9.17, 15) is 9.90 Å². The van der Waals surface area contributed by atoms with E-state index in [4.69, 9.17) is 9.47 Å². The van der Waals surface area contributed by atoms with Gasteiger partial charge in [0.2, 0.25) is 5.91 Å². The fourth-order valence-electron chi connectivity index (χ4n) is 4.44. The van der Waals surface area contributed by atoms with Gasteiger partial charge >= 0.3 is 0 Å². The molecule has 1 aliphatic carbocycles. The average Bonchev–Trinajstić information content (AvgIpc) is 3.17. The zero-order chi connectivity index (χ0) is 23.3. The van der Waals surface area contributed by atoms with Crippen LogP contribution in [0.25, 0.3) is 0 Å². The summed E-state index contributed by atoms with van der Waals surface area (Å²) in [5, 5.41) is 13.2. The predicted molar refractivity (Wildman–Crippen MR) is 132 cm³/mol. The quantitative estimate of drug-likeness (QED) is 0.364. The van der Waals surface area contributed by atoms with Crippen molar-refractivity contribution in [1.82, 2.24) is 10.2 Å². The lowest BCUT2D eigenvalue weighted by Gasteiger charge is -2.25. The van der Waals surface area contributed by atoms with Gasteiger partial charge in [-0.05, 0) is 69.1 Å². The molecule has 186 valence electrons. The number of ether oxygens (including phenoxy) is 2. The molecular formula is C27H44N2O4. The molecule has 1 saturated carbocycles. The zero-order valence-corrected chi connectivity index (χ0v) is 20.5. The van der Waals surface area contributed by atoms with Crippen LogP contribution < -0.4 is 10.1 Å². The molecule has 1 heterocycles. The van der Waals surface area contributed by atoms with Crippen LogP contribution in [0.4, 0.5) is 0 Å². The summed E-state index contributed by atoms with van der Waals surface area (Å²) in [6.07, 6.45) is 11.3. The Morgan fingerprint density at radius 3 is 2.61 bits per heavy atom. The molecule has 0 aromatic heterocycles. The Bertz CT molecular complexity index is 677. The molecule has 2 atom stereocenters. The van der Waals surface area contributed by atoms with Crippen LogP contribution >= 0.6 is 0 Å². The number of aliphatic hydroxyl groups excluding tert-OH is 1. The second kappa shape index (κ2) is 14.6. The highest BCUT2D eigenvalue weighted by Gasteiger charge is 2.24. The summed E-state index contributed by atoms with van der Waals surface area (Å²) in [4.78, 5) is 14.9. The summed E-state index contributed by atoms with van der Waals surface area (Å²) < 4.78 is 11.6. The van der Waals surface area contributed by atoms with Crippen molar-refractivity contribution in [2.75, 3.05) is 32.8 Å². The molecule has 0 spiro atoms. The third-order valence-corrected chi connectivity index (χ3v) is 6.72. The van der Waals surface area contributed by atoms with Gasteiger partial charge in [-0.15, -0.1) is 0 Å². The maximum atomic E-state index is 12.6. The standard InChI is InChI=1S/C27H44N2O4/c1-2-3-17-32-26-13-11-22(12-14-26)19-23(20-29-16-15-24(30)21-29)28-27(31)10-5-4-6-18-33-25-8-7-9-25/h11-14,23-25,30H,2-10,15-21H2,1H3,(H,28,31)/t23-,24-/m0/s1. The van der Waals surface area contributed by atoms with Crippen LogP contribution in [-0.4, -0.2) is 67.0 Å². The fourth-order valence-corrected chi connectivity index (χ4v) is 4.44. The van der Waals surface area contributed by atoms with E-state index in [1.807, 2.05) is 12.1 Å². The van der Waals surface area contributed by atoms with E-state index >= 15 is 0 Å². The fraction of sp³-hybridized carbons (Fsp3) is 0.741. The maximum absolute atomic E-state index is 12.6. The molecule has 1 amide bonds. The first kappa shape index (κ1) is 26.0. The molecule has 1 saturated heterocycles. The highest BCUT2D eigenvalue weighted by atomic mass is 16.5. The first-order valence-electron chi connectivity index (χ1n) is 13.2. The monoisotopic (exact) mass is 460 g/mol. The Kier molecular flexibility index (Phi) is 11.5. The number of β-amino-alcohol motifs (C(OH)–C–C–N with tert-alkyl or cyclic N) is 1. The summed E-state index contributed by atoms with van der Waals surface area (Å²) in [5.41, 5.74) is 1.19. The summed E-state index contributed by atoms with van der Waals surface area (Å²) in [7, 11) is 0. The Hall–Kier alpha value is -1.63. The Morgan fingerprint density at radius 2 is 1.94 bits per heavy atom. The predicted octanol–water partition coefficient (Wildman–Crippen LogP) is 4.09. The lowest BCUT2D eigenvalue weighted by atomic mass is 9.96. The van der Waals surface area contributed by atoms with Gasteiger partial charge in [0.05, 0.1) is 18.8 Å². The molecule has 1 aromatic carbocycles. The van der Waals surface area contributed by atoms with Gasteiger partial charge in [0, 0.05) is 38.7 Å². The number of unbranched alkanes of at least 4 members (excludes halogenated alkanes) is 3. The molecule has 6 heteroatoms. The number of aliphatic hydroxyl groups is 1. The molecule has 6 nitrogen and oxygen atoms in total. The van der Waals surface area contributed by atoms with Crippen molar-refractivity contribution in [3.05, 3.63) is 29.8 Å². The molecule has 2 N–H and O–H groups in total.